The van der Waals surface area contributed by atoms with Crippen LogP contribution in [0.1, 0.15) is 0 Å². The van der Waals surface area contributed by atoms with Crippen molar-refractivity contribution in [1.29, 1.82) is 0 Å². The van der Waals surface area contributed by atoms with E-state index in [1.807, 2.05) is 60.7 Å². The zero-order valence-corrected chi connectivity index (χ0v) is 11.5. The second kappa shape index (κ2) is 4.18. The largest absolute Gasteiger partial charge is 0.431 e. The Morgan fingerprint density at radius 3 is 1.55 bits per heavy atom. The van der Waals surface area contributed by atoms with Crippen LogP contribution in [0, 0.1) is 0 Å². The molecule has 0 aliphatic carbocycles. The number of nitrogens with zero attached hydrogens (tertiary/aromatic N) is 2. The molecule has 0 spiro atoms. The smallest absolute Gasteiger partial charge is 0.284 e. The van der Waals surface area contributed by atoms with Gasteiger partial charge in [-0.1, -0.05) is 36.4 Å². The molecular formula is C18H10N2O2. The minimum Gasteiger partial charge on any atom is -0.431 e. The fraction of sp³-hybridized carbons (Fsp3) is 0. The maximum atomic E-state index is 5.90. The van der Waals surface area contributed by atoms with E-state index in [-0.39, 0.29) is 0 Å². The van der Waals surface area contributed by atoms with Crippen LogP contribution < -0.4 is 9.47 Å². The van der Waals surface area contributed by atoms with E-state index in [1.54, 1.807) is 0 Å². The summed E-state index contributed by atoms with van der Waals surface area (Å²) in [6.45, 7) is 0. The number of para-hydroxylation sites is 2. The van der Waals surface area contributed by atoms with Gasteiger partial charge in [0.2, 0.25) is 0 Å². The standard InChI is InChI=1S/C18H10N2O2/c1-2-6-12-10-16-15(9-11(12)5-1)21-17-18(22-16)20-14-8-4-3-7-13(14)19-17/h1-10H. The number of hydrogen-bond acceptors (Lipinski definition) is 4. The molecule has 22 heavy (non-hydrogen) atoms. The van der Waals surface area contributed by atoms with Crippen molar-refractivity contribution in [1.82, 2.24) is 9.97 Å². The van der Waals surface area contributed by atoms with Crippen LogP contribution in [0.25, 0.3) is 21.8 Å². The SMILES string of the molecule is c1ccc2cc3c(cc2c1)Oc1nc2ccccc2nc1O3. The van der Waals surface area contributed by atoms with Crippen LogP contribution >= 0.6 is 0 Å². The van der Waals surface area contributed by atoms with Crippen molar-refractivity contribution in [2.45, 2.75) is 0 Å². The van der Waals surface area contributed by atoms with Crippen molar-refractivity contribution in [3.63, 3.8) is 0 Å². The van der Waals surface area contributed by atoms with Gasteiger partial charge in [0.05, 0.1) is 11.0 Å². The molecule has 4 heteroatoms. The highest BCUT2D eigenvalue weighted by Gasteiger charge is 2.22. The number of fused-ring (bicyclic) bond motifs is 4. The van der Waals surface area contributed by atoms with Crippen molar-refractivity contribution < 1.29 is 9.47 Å². The third-order valence-corrected chi connectivity index (χ3v) is 3.73. The molecule has 4 nitrogen and oxygen atoms in total. The number of rotatable bonds is 0. The molecule has 0 saturated heterocycles. The summed E-state index contributed by atoms with van der Waals surface area (Å²) in [6.07, 6.45) is 0. The Morgan fingerprint density at radius 1 is 0.591 bits per heavy atom. The maximum Gasteiger partial charge on any atom is 0.284 e. The molecule has 2 heterocycles. The molecule has 1 aliphatic rings. The van der Waals surface area contributed by atoms with Gasteiger partial charge in [-0.05, 0) is 35.0 Å². The number of benzene rings is 3. The van der Waals surface area contributed by atoms with E-state index >= 15 is 0 Å². The van der Waals surface area contributed by atoms with Crippen molar-refractivity contribution >= 4 is 21.8 Å². The van der Waals surface area contributed by atoms with E-state index in [1.165, 1.54) is 0 Å². The minimum atomic E-state index is 0.404. The molecule has 1 aromatic heterocycles. The van der Waals surface area contributed by atoms with Crippen LogP contribution in [-0.4, -0.2) is 9.97 Å². The number of ether oxygens (including phenoxy) is 2. The molecule has 0 bridgehead atoms. The monoisotopic (exact) mass is 286 g/mol. The molecule has 0 radical (unpaired) electrons. The number of aromatic nitrogens is 2. The van der Waals surface area contributed by atoms with Crippen molar-refractivity contribution in [3.8, 4) is 23.3 Å². The summed E-state index contributed by atoms with van der Waals surface area (Å²) in [7, 11) is 0. The van der Waals surface area contributed by atoms with Crippen LogP contribution in [0.4, 0.5) is 0 Å². The molecule has 0 N–H and O–H groups in total. The third-order valence-electron chi connectivity index (χ3n) is 3.73. The lowest BCUT2D eigenvalue weighted by Gasteiger charge is -2.19. The fourth-order valence-corrected chi connectivity index (χ4v) is 2.67. The summed E-state index contributed by atoms with van der Waals surface area (Å²) in [4.78, 5) is 8.97. The van der Waals surface area contributed by atoms with Gasteiger partial charge in [0.25, 0.3) is 11.8 Å². The van der Waals surface area contributed by atoms with Gasteiger partial charge in [0.15, 0.2) is 11.5 Å². The fourth-order valence-electron chi connectivity index (χ4n) is 2.67. The Morgan fingerprint density at radius 2 is 1.05 bits per heavy atom. The average molecular weight is 286 g/mol. The lowest BCUT2D eigenvalue weighted by molar-refractivity contribution is 0.339. The van der Waals surface area contributed by atoms with Gasteiger partial charge in [-0.2, -0.15) is 0 Å². The maximum absolute atomic E-state index is 5.90. The Bertz CT molecular complexity index is 877. The first-order valence-corrected chi connectivity index (χ1v) is 7.02. The first kappa shape index (κ1) is 11.5. The highest BCUT2D eigenvalue weighted by Crippen LogP contribution is 2.45. The second-order valence-electron chi connectivity index (χ2n) is 5.17. The van der Waals surface area contributed by atoms with Crippen molar-refractivity contribution in [2.24, 2.45) is 0 Å². The van der Waals surface area contributed by atoms with E-state index in [0.717, 1.165) is 21.8 Å². The molecule has 0 unspecified atom stereocenters. The second-order valence-corrected chi connectivity index (χ2v) is 5.17. The van der Waals surface area contributed by atoms with Gasteiger partial charge < -0.3 is 9.47 Å². The summed E-state index contributed by atoms with van der Waals surface area (Å²) >= 11 is 0. The normalized spacial score (nSPS) is 12.4. The van der Waals surface area contributed by atoms with Gasteiger partial charge in [0.1, 0.15) is 0 Å². The molecular weight excluding hydrogens is 276 g/mol. The van der Waals surface area contributed by atoms with Gasteiger partial charge in [-0.3, -0.25) is 0 Å². The third kappa shape index (κ3) is 1.64. The van der Waals surface area contributed by atoms with Crippen molar-refractivity contribution in [2.75, 3.05) is 0 Å². The lowest BCUT2D eigenvalue weighted by Crippen LogP contribution is -2.03. The lowest BCUT2D eigenvalue weighted by atomic mass is 10.1. The van der Waals surface area contributed by atoms with E-state index in [9.17, 15) is 0 Å². The molecule has 0 saturated carbocycles. The Hall–Kier alpha value is -3.14. The zero-order valence-electron chi connectivity index (χ0n) is 11.5. The topological polar surface area (TPSA) is 44.2 Å². The molecule has 0 amide bonds. The van der Waals surface area contributed by atoms with E-state index in [2.05, 4.69) is 9.97 Å². The summed E-state index contributed by atoms with van der Waals surface area (Å²) in [6, 6.07) is 19.7. The molecule has 5 rings (SSSR count). The van der Waals surface area contributed by atoms with Crippen molar-refractivity contribution in [3.05, 3.63) is 60.7 Å². The van der Waals surface area contributed by atoms with Gasteiger partial charge in [0, 0.05) is 0 Å². The van der Waals surface area contributed by atoms with E-state index < -0.39 is 0 Å². The molecule has 104 valence electrons. The van der Waals surface area contributed by atoms with Crippen LogP contribution in [0.5, 0.6) is 23.3 Å². The number of hydrogen-bond donors (Lipinski definition) is 0. The van der Waals surface area contributed by atoms with Crippen LogP contribution in [0.2, 0.25) is 0 Å². The van der Waals surface area contributed by atoms with Crippen LogP contribution in [0.3, 0.4) is 0 Å². The van der Waals surface area contributed by atoms with E-state index in [4.69, 9.17) is 9.47 Å². The van der Waals surface area contributed by atoms with Gasteiger partial charge >= 0.3 is 0 Å². The summed E-state index contributed by atoms with van der Waals surface area (Å²) in [5.74, 6) is 2.13. The summed E-state index contributed by atoms with van der Waals surface area (Å²) in [5, 5.41) is 2.20. The molecule has 3 aromatic carbocycles. The minimum absolute atomic E-state index is 0.404. The van der Waals surface area contributed by atoms with Crippen LogP contribution in [0.15, 0.2) is 60.7 Å². The predicted octanol–water partition coefficient (Wildman–Crippen LogP) is 4.68. The Labute approximate surface area is 126 Å². The van der Waals surface area contributed by atoms with Crippen LogP contribution in [-0.2, 0) is 0 Å². The first-order valence-electron chi connectivity index (χ1n) is 7.02. The molecule has 4 aromatic rings. The van der Waals surface area contributed by atoms with Gasteiger partial charge in [-0.15, -0.1) is 0 Å². The highest BCUT2D eigenvalue weighted by molar-refractivity contribution is 5.86. The highest BCUT2D eigenvalue weighted by atomic mass is 16.6. The zero-order chi connectivity index (χ0) is 14.5. The van der Waals surface area contributed by atoms with Gasteiger partial charge in [-0.25, -0.2) is 9.97 Å². The molecule has 0 atom stereocenters. The Kier molecular flexibility index (Phi) is 2.19. The molecule has 0 fully saturated rings. The quantitative estimate of drug-likeness (QED) is 0.414. The van der Waals surface area contributed by atoms with E-state index in [0.29, 0.717) is 23.3 Å². The first-order chi connectivity index (χ1) is 10.9. The summed E-state index contributed by atoms with van der Waals surface area (Å²) < 4.78 is 11.8. The average Bonchev–Trinajstić information content (AvgIpc) is 2.56. The predicted molar refractivity (Wildman–Crippen MR) is 83.6 cm³/mol. The Balaban J connectivity index is 1.71. The molecule has 1 aliphatic heterocycles. The summed E-state index contributed by atoms with van der Waals surface area (Å²) in [5.41, 5.74) is 1.57.